The molecule has 0 aliphatic heterocycles. The summed E-state index contributed by atoms with van der Waals surface area (Å²) < 4.78 is 5.23. The average molecular weight is 349 g/mol. The lowest BCUT2D eigenvalue weighted by molar-refractivity contribution is -0.125. The molecule has 0 spiro atoms. The molecule has 0 saturated heterocycles. The predicted octanol–water partition coefficient (Wildman–Crippen LogP) is 3.72. The molecule has 1 N–H and O–H groups in total. The maximum atomic E-state index is 12.2. The largest absolute Gasteiger partial charge is 0.451 e. The van der Waals surface area contributed by atoms with E-state index in [1.165, 1.54) is 34.6 Å². The van der Waals surface area contributed by atoms with E-state index in [1.807, 2.05) is 6.07 Å². The smallest absolute Gasteiger partial charge is 0.348 e. The molecule has 0 radical (unpaired) electrons. The highest BCUT2D eigenvalue weighted by Crippen LogP contribution is 2.32. The summed E-state index contributed by atoms with van der Waals surface area (Å²) in [6, 6.07) is 2.18. The monoisotopic (exact) mass is 349 g/mol. The molecular weight excluding hydrogens is 322 g/mol. The minimum Gasteiger partial charge on any atom is -0.451 e. The summed E-state index contributed by atoms with van der Waals surface area (Å²) in [6.07, 6.45) is 7.86. The number of hydrogen-bond donors (Lipinski definition) is 1. The molecule has 1 amide bonds. The molecule has 3 rings (SSSR count). The third-order valence-corrected chi connectivity index (χ3v) is 6.54. The fourth-order valence-corrected chi connectivity index (χ4v) is 4.89. The molecule has 4 nitrogen and oxygen atoms in total. The first-order chi connectivity index (χ1) is 11.5. The summed E-state index contributed by atoms with van der Waals surface area (Å²) in [5, 5.41) is 3.02. The van der Waals surface area contributed by atoms with Gasteiger partial charge in [0.15, 0.2) is 6.61 Å². The van der Waals surface area contributed by atoms with Crippen molar-refractivity contribution in [3.63, 3.8) is 0 Å². The molecule has 0 aromatic carbocycles. The fourth-order valence-electron chi connectivity index (χ4n) is 3.79. The highest BCUT2D eigenvalue weighted by Gasteiger charge is 2.24. The molecule has 0 unspecified atom stereocenters. The molecule has 5 heteroatoms. The molecule has 1 heterocycles. The van der Waals surface area contributed by atoms with Gasteiger partial charge in [-0.3, -0.25) is 4.79 Å². The van der Waals surface area contributed by atoms with Crippen molar-refractivity contribution in [1.29, 1.82) is 0 Å². The number of hydrogen-bond acceptors (Lipinski definition) is 4. The molecule has 24 heavy (non-hydrogen) atoms. The second kappa shape index (κ2) is 7.68. The maximum absolute atomic E-state index is 12.2. The third-order valence-electron chi connectivity index (χ3n) is 5.32. The minimum absolute atomic E-state index is 0.180. The first-order valence-electron chi connectivity index (χ1n) is 9.11. The van der Waals surface area contributed by atoms with Crippen LogP contribution in [0, 0.1) is 11.8 Å². The molecule has 0 bridgehead atoms. The van der Waals surface area contributed by atoms with Gasteiger partial charge in [-0.25, -0.2) is 4.79 Å². The minimum atomic E-state index is -0.367. The number of carbonyl (C=O) groups is 2. The quantitative estimate of drug-likeness (QED) is 0.843. The lowest BCUT2D eigenvalue weighted by Crippen LogP contribution is -2.42. The Labute approximate surface area is 148 Å². The van der Waals surface area contributed by atoms with Gasteiger partial charge in [0.05, 0.1) is 0 Å². The van der Waals surface area contributed by atoms with Crippen LogP contribution in [0.15, 0.2) is 6.07 Å². The number of aryl methyl sites for hydroxylation is 1. The molecule has 2 aliphatic rings. The molecular formula is C19H27NO3S. The Bertz CT molecular complexity index is 610. The zero-order chi connectivity index (χ0) is 17.1. The zero-order valence-corrected chi connectivity index (χ0v) is 15.4. The number of fused-ring (bicyclic) bond motifs is 1. The van der Waals surface area contributed by atoms with Gasteiger partial charge in [-0.1, -0.05) is 26.7 Å². The molecule has 1 aromatic heterocycles. The van der Waals surface area contributed by atoms with Crippen LogP contribution >= 0.6 is 11.3 Å². The van der Waals surface area contributed by atoms with Gasteiger partial charge in [0, 0.05) is 10.9 Å². The zero-order valence-electron chi connectivity index (χ0n) is 14.6. The Balaban J connectivity index is 1.49. The number of ether oxygens (including phenoxy) is 1. The molecule has 132 valence electrons. The Morgan fingerprint density at radius 2 is 2.04 bits per heavy atom. The summed E-state index contributed by atoms with van der Waals surface area (Å²) in [5.41, 5.74) is 1.28. The van der Waals surface area contributed by atoms with Gasteiger partial charge in [0.1, 0.15) is 4.88 Å². The van der Waals surface area contributed by atoms with Gasteiger partial charge >= 0.3 is 5.97 Å². The third kappa shape index (κ3) is 4.18. The Hall–Kier alpha value is -1.36. The topological polar surface area (TPSA) is 55.4 Å². The number of carbonyl (C=O) groups excluding carboxylic acids is 2. The number of rotatable bonds is 4. The van der Waals surface area contributed by atoms with Crippen LogP contribution < -0.4 is 5.32 Å². The fraction of sp³-hybridized carbons (Fsp3) is 0.684. The molecule has 2 aliphatic carbocycles. The van der Waals surface area contributed by atoms with Crippen LogP contribution in [0.5, 0.6) is 0 Å². The van der Waals surface area contributed by atoms with E-state index in [1.54, 1.807) is 0 Å². The second-order valence-electron chi connectivity index (χ2n) is 7.42. The van der Waals surface area contributed by atoms with E-state index in [4.69, 9.17) is 4.74 Å². The first kappa shape index (κ1) is 17.5. The summed E-state index contributed by atoms with van der Waals surface area (Å²) in [7, 11) is 0. The maximum Gasteiger partial charge on any atom is 0.348 e. The van der Waals surface area contributed by atoms with Crippen molar-refractivity contribution in [1.82, 2.24) is 5.32 Å². The van der Waals surface area contributed by atoms with Crippen LogP contribution in [-0.4, -0.2) is 24.5 Å². The van der Waals surface area contributed by atoms with Crippen molar-refractivity contribution in [3.8, 4) is 0 Å². The molecule has 1 aromatic rings. The van der Waals surface area contributed by atoms with Crippen LogP contribution in [0.2, 0.25) is 0 Å². The Morgan fingerprint density at radius 3 is 2.83 bits per heavy atom. The van der Waals surface area contributed by atoms with Crippen LogP contribution in [0.3, 0.4) is 0 Å². The van der Waals surface area contributed by atoms with E-state index in [0.717, 1.165) is 32.1 Å². The number of amides is 1. The predicted molar refractivity (Wildman–Crippen MR) is 95.4 cm³/mol. The van der Waals surface area contributed by atoms with E-state index < -0.39 is 0 Å². The van der Waals surface area contributed by atoms with Crippen LogP contribution in [0.1, 0.15) is 66.1 Å². The summed E-state index contributed by atoms with van der Waals surface area (Å²) in [6.45, 7) is 4.24. The van der Waals surface area contributed by atoms with Gasteiger partial charge in [0.25, 0.3) is 5.91 Å². The van der Waals surface area contributed by atoms with Crippen LogP contribution in [0.25, 0.3) is 0 Å². The standard InChI is InChI=1S/C19H27NO3S/c1-12-7-8-16-14(9-12)10-17(24-16)19(22)23-11-18(21)20-15-6-4-3-5-13(15)2/h10,12-13,15H,3-9,11H2,1-2H3,(H,20,21)/t12-,13+,15+/m1/s1. The van der Waals surface area contributed by atoms with Crippen LogP contribution in [0.4, 0.5) is 0 Å². The van der Waals surface area contributed by atoms with Crippen molar-refractivity contribution in [3.05, 3.63) is 21.4 Å². The van der Waals surface area contributed by atoms with Crippen molar-refractivity contribution < 1.29 is 14.3 Å². The van der Waals surface area contributed by atoms with E-state index in [-0.39, 0.29) is 24.5 Å². The summed E-state index contributed by atoms with van der Waals surface area (Å²) in [4.78, 5) is 26.2. The normalized spacial score (nSPS) is 26.5. The SMILES string of the molecule is C[C@@H]1CCc2sc(C(=O)OCC(=O)N[C@H]3CCCC[C@@H]3C)cc2C1. The van der Waals surface area contributed by atoms with E-state index in [2.05, 4.69) is 19.2 Å². The highest BCUT2D eigenvalue weighted by molar-refractivity contribution is 7.14. The average Bonchev–Trinajstić information content (AvgIpc) is 2.98. The number of thiophene rings is 1. The van der Waals surface area contributed by atoms with Crippen molar-refractivity contribution in [2.24, 2.45) is 11.8 Å². The lowest BCUT2D eigenvalue weighted by atomic mass is 9.86. The second-order valence-corrected chi connectivity index (χ2v) is 8.56. The number of nitrogens with one attached hydrogen (secondary N) is 1. The molecule has 1 fully saturated rings. The first-order valence-corrected chi connectivity index (χ1v) is 9.92. The lowest BCUT2D eigenvalue weighted by Gasteiger charge is -2.29. The van der Waals surface area contributed by atoms with E-state index in [9.17, 15) is 9.59 Å². The Morgan fingerprint density at radius 1 is 1.25 bits per heavy atom. The van der Waals surface area contributed by atoms with Crippen molar-refractivity contribution >= 4 is 23.2 Å². The highest BCUT2D eigenvalue weighted by atomic mass is 32.1. The van der Waals surface area contributed by atoms with Gasteiger partial charge < -0.3 is 10.1 Å². The van der Waals surface area contributed by atoms with E-state index in [0.29, 0.717) is 16.7 Å². The molecule has 3 atom stereocenters. The van der Waals surface area contributed by atoms with E-state index >= 15 is 0 Å². The van der Waals surface area contributed by atoms with Gasteiger partial charge in [-0.15, -0.1) is 11.3 Å². The van der Waals surface area contributed by atoms with Gasteiger partial charge in [0.2, 0.25) is 0 Å². The number of esters is 1. The summed E-state index contributed by atoms with van der Waals surface area (Å²) in [5.74, 6) is 0.634. The summed E-state index contributed by atoms with van der Waals surface area (Å²) >= 11 is 1.53. The Kier molecular flexibility index (Phi) is 5.59. The van der Waals surface area contributed by atoms with Crippen LogP contribution in [-0.2, 0) is 22.4 Å². The molecule has 1 saturated carbocycles. The van der Waals surface area contributed by atoms with Crippen molar-refractivity contribution in [2.75, 3.05) is 6.61 Å². The van der Waals surface area contributed by atoms with Gasteiger partial charge in [-0.2, -0.15) is 0 Å². The van der Waals surface area contributed by atoms with Gasteiger partial charge in [-0.05, 0) is 55.6 Å². The van der Waals surface area contributed by atoms with Crippen molar-refractivity contribution in [2.45, 2.75) is 64.8 Å².